The molecule has 2 rings (SSSR count). The lowest BCUT2D eigenvalue weighted by Gasteiger charge is -2.19. The van der Waals surface area contributed by atoms with Crippen molar-refractivity contribution >= 4 is 0 Å². The van der Waals surface area contributed by atoms with Crippen LogP contribution in [0.25, 0.3) is 0 Å². The third kappa shape index (κ3) is 1.18. The second kappa shape index (κ2) is 2.69. The lowest BCUT2D eigenvalue weighted by atomic mass is 9.86. The minimum atomic E-state index is 0.907. The van der Waals surface area contributed by atoms with E-state index in [9.17, 15) is 0 Å². The topological polar surface area (TPSA) is 0 Å². The SMILES string of the molecule is CCC1CC=C2C=CC=C2C1. The molecule has 0 heterocycles. The number of allylic oxidation sites excluding steroid dienone is 6. The highest BCUT2D eigenvalue weighted by atomic mass is 14.2. The molecule has 0 N–H and O–H groups in total. The molecule has 0 saturated carbocycles. The second-order valence-corrected chi connectivity index (χ2v) is 3.42. The summed E-state index contributed by atoms with van der Waals surface area (Å²) in [6, 6.07) is 0. The van der Waals surface area contributed by atoms with Crippen LogP contribution in [0, 0.1) is 5.92 Å². The summed E-state index contributed by atoms with van der Waals surface area (Å²) >= 11 is 0. The fourth-order valence-electron chi connectivity index (χ4n) is 1.86. The van der Waals surface area contributed by atoms with Crippen LogP contribution in [0.5, 0.6) is 0 Å². The van der Waals surface area contributed by atoms with E-state index in [1.54, 1.807) is 5.57 Å². The minimum Gasteiger partial charge on any atom is -0.0767 e. The molecule has 0 saturated heterocycles. The van der Waals surface area contributed by atoms with Gasteiger partial charge >= 0.3 is 0 Å². The van der Waals surface area contributed by atoms with Crippen LogP contribution in [-0.4, -0.2) is 0 Å². The molecule has 0 nitrogen and oxygen atoms in total. The molecular formula is C11H14. The summed E-state index contributed by atoms with van der Waals surface area (Å²) in [5, 5.41) is 0. The van der Waals surface area contributed by atoms with Crippen molar-refractivity contribution in [3.63, 3.8) is 0 Å². The molecule has 11 heavy (non-hydrogen) atoms. The first-order chi connectivity index (χ1) is 5.40. The van der Waals surface area contributed by atoms with Crippen LogP contribution in [0.3, 0.4) is 0 Å². The van der Waals surface area contributed by atoms with E-state index < -0.39 is 0 Å². The summed E-state index contributed by atoms with van der Waals surface area (Å²) < 4.78 is 0. The molecule has 0 bridgehead atoms. The van der Waals surface area contributed by atoms with Crippen molar-refractivity contribution in [2.75, 3.05) is 0 Å². The van der Waals surface area contributed by atoms with Crippen LogP contribution in [0.15, 0.2) is 35.5 Å². The highest BCUT2D eigenvalue weighted by molar-refractivity contribution is 5.49. The van der Waals surface area contributed by atoms with Gasteiger partial charge in [0.1, 0.15) is 0 Å². The largest absolute Gasteiger partial charge is 0.0767 e. The summed E-state index contributed by atoms with van der Waals surface area (Å²) in [7, 11) is 0. The van der Waals surface area contributed by atoms with Crippen LogP contribution in [0.2, 0.25) is 0 Å². The van der Waals surface area contributed by atoms with E-state index in [1.165, 1.54) is 24.8 Å². The average molecular weight is 146 g/mol. The average Bonchev–Trinajstić information content (AvgIpc) is 2.50. The molecule has 58 valence electrons. The monoisotopic (exact) mass is 146 g/mol. The maximum atomic E-state index is 2.38. The lowest BCUT2D eigenvalue weighted by Crippen LogP contribution is -2.04. The molecule has 0 aromatic carbocycles. The van der Waals surface area contributed by atoms with E-state index in [-0.39, 0.29) is 0 Å². The summed E-state index contributed by atoms with van der Waals surface area (Å²) in [5.74, 6) is 0.907. The predicted molar refractivity (Wildman–Crippen MR) is 48.3 cm³/mol. The van der Waals surface area contributed by atoms with E-state index in [4.69, 9.17) is 0 Å². The van der Waals surface area contributed by atoms with Gasteiger partial charge in [-0.15, -0.1) is 0 Å². The molecule has 2 aliphatic rings. The van der Waals surface area contributed by atoms with Crippen molar-refractivity contribution in [2.24, 2.45) is 5.92 Å². The van der Waals surface area contributed by atoms with Crippen LogP contribution < -0.4 is 0 Å². The third-order valence-electron chi connectivity index (χ3n) is 2.70. The Morgan fingerprint density at radius 2 is 2.45 bits per heavy atom. The van der Waals surface area contributed by atoms with Gasteiger partial charge in [-0.3, -0.25) is 0 Å². The van der Waals surface area contributed by atoms with Crippen LogP contribution in [0.1, 0.15) is 26.2 Å². The maximum Gasteiger partial charge on any atom is -0.0242 e. The van der Waals surface area contributed by atoms with E-state index in [2.05, 4.69) is 31.2 Å². The molecule has 0 aromatic rings. The fraction of sp³-hybridized carbons (Fsp3) is 0.455. The number of hydrogen-bond acceptors (Lipinski definition) is 0. The molecule has 1 atom stereocenters. The van der Waals surface area contributed by atoms with Crippen molar-refractivity contribution in [3.8, 4) is 0 Å². The van der Waals surface area contributed by atoms with Gasteiger partial charge in [0.15, 0.2) is 0 Å². The molecular weight excluding hydrogens is 132 g/mol. The lowest BCUT2D eigenvalue weighted by molar-refractivity contribution is 0.502. The molecule has 0 aromatic heterocycles. The molecule has 0 aliphatic heterocycles. The van der Waals surface area contributed by atoms with Gasteiger partial charge in [-0.05, 0) is 29.9 Å². The summed E-state index contributed by atoms with van der Waals surface area (Å²) in [6.45, 7) is 2.28. The van der Waals surface area contributed by atoms with Crippen LogP contribution in [-0.2, 0) is 0 Å². The van der Waals surface area contributed by atoms with Crippen molar-refractivity contribution < 1.29 is 0 Å². The number of hydrogen-bond donors (Lipinski definition) is 0. The highest BCUT2D eigenvalue weighted by Gasteiger charge is 2.16. The normalized spacial score (nSPS) is 27.9. The Labute approximate surface area is 68.3 Å². The molecule has 0 amide bonds. The Morgan fingerprint density at radius 1 is 1.55 bits per heavy atom. The maximum absolute atomic E-state index is 2.38. The third-order valence-corrected chi connectivity index (χ3v) is 2.70. The quantitative estimate of drug-likeness (QED) is 0.532. The number of fused-ring (bicyclic) bond motifs is 1. The molecule has 2 aliphatic carbocycles. The zero-order valence-electron chi connectivity index (χ0n) is 7.01. The van der Waals surface area contributed by atoms with Crippen molar-refractivity contribution in [2.45, 2.75) is 26.2 Å². The Morgan fingerprint density at radius 3 is 3.27 bits per heavy atom. The Balaban J connectivity index is 2.18. The van der Waals surface area contributed by atoms with E-state index in [0.717, 1.165) is 5.92 Å². The van der Waals surface area contributed by atoms with Crippen molar-refractivity contribution in [1.82, 2.24) is 0 Å². The fourth-order valence-corrected chi connectivity index (χ4v) is 1.86. The van der Waals surface area contributed by atoms with Gasteiger partial charge < -0.3 is 0 Å². The zero-order chi connectivity index (χ0) is 7.68. The van der Waals surface area contributed by atoms with Crippen molar-refractivity contribution in [3.05, 3.63) is 35.5 Å². The van der Waals surface area contributed by atoms with Gasteiger partial charge in [-0.2, -0.15) is 0 Å². The first kappa shape index (κ1) is 6.90. The van der Waals surface area contributed by atoms with E-state index >= 15 is 0 Å². The van der Waals surface area contributed by atoms with Gasteiger partial charge in [-0.1, -0.05) is 37.6 Å². The van der Waals surface area contributed by atoms with Crippen LogP contribution >= 0.6 is 0 Å². The predicted octanol–water partition coefficient (Wildman–Crippen LogP) is 3.23. The minimum absolute atomic E-state index is 0.907. The number of rotatable bonds is 1. The van der Waals surface area contributed by atoms with E-state index in [0.29, 0.717) is 0 Å². The summed E-state index contributed by atoms with van der Waals surface area (Å²) in [4.78, 5) is 0. The Bertz CT molecular complexity index is 241. The van der Waals surface area contributed by atoms with E-state index in [1.807, 2.05) is 0 Å². The van der Waals surface area contributed by atoms with Crippen molar-refractivity contribution in [1.29, 1.82) is 0 Å². The van der Waals surface area contributed by atoms with Gasteiger partial charge in [0.25, 0.3) is 0 Å². The smallest absolute Gasteiger partial charge is 0.0242 e. The zero-order valence-corrected chi connectivity index (χ0v) is 7.01. The molecule has 0 spiro atoms. The van der Waals surface area contributed by atoms with Gasteiger partial charge in [0.05, 0.1) is 0 Å². The Kier molecular flexibility index (Phi) is 1.69. The molecule has 1 unspecified atom stereocenters. The highest BCUT2D eigenvalue weighted by Crippen LogP contribution is 2.33. The first-order valence-electron chi connectivity index (χ1n) is 4.48. The van der Waals surface area contributed by atoms with Gasteiger partial charge in [0.2, 0.25) is 0 Å². The summed E-state index contributed by atoms with van der Waals surface area (Å²) in [5.41, 5.74) is 3.04. The van der Waals surface area contributed by atoms with Gasteiger partial charge in [0, 0.05) is 0 Å². The summed E-state index contributed by atoms with van der Waals surface area (Å²) in [6.07, 6.45) is 12.9. The second-order valence-electron chi connectivity index (χ2n) is 3.42. The standard InChI is InChI=1S/C11H14/c1-2-9-6-7-10-4-3-5-11(10)8-9/h3-5,7,9H,2,6,8H2,1H3. The molecule has 0 heteroatoms. The van der Waals surface area contributed by atoms with Gasteiger partial charge in [-0.25, -0.2) is 0 Å². The first-order valence-corrected chi connectivity index (χ1v) is 4.48. The Hall–Kier alpha value is -0.780. The molecule has 0 fully saturated rings. The van der Waals surface area contributed by atoms with Crippen LogP contribution in [0.4, 0.5) is 0 Å². The molecule has 0 radical (unpaired) electrons.